The van der Waals surface area contributed by atoms with Crippen LogP contribution in [0.3, 0.4) is 0 Å². The molecule has 1 atom stereocenters. The molecule has 0 fully saturated rings. The van der Waals surface area contributed by atoms with E-state index in [1.165, 1.54) is 5.56 Å². The summed E-state index contributed by atoms with van der Waals surface area (Å²) >= 11 is 0. The molecule has 1 heterocycles. The normalized spacial score (nSPS) is 16.2. The maximum absolute atomic E-state index is 12.9. The Balaban J connectivity index is 1.88. The zero-order chi connectivity index (χ0) is 18.0. The highest BCUT2D eigenvalue weighted by molar-refractivity contribution is 5.94. The minimum atomic E-state index is 0.0237. The lowest BCUT2D eigenvalue weighted by molar-refractivity contribution is 0.0658. The van der Waals surface area contributed by atoms with E-state index in [4.69, 9.17) is 14.2 Å². The molecule has 0 radical (unpaired) electrons. The molecule has 5 nitrogen and oxygen atoms in total. The first-order valence-corrected chi connectivity index (χ1v) is 8.26. The van der Waals surface area contributed by atoms with Crippen LogP contribution in [0.25, 0.3) is 0 Å². The molecule has 0 N–H and O–H groups in total. The van der Waals surface area contributed by atoms with Crippen LogP contribution in [0.2, 0.25) is 0 Å². The van der Waals surface area contributed by atoms with E-state index < -0.39 is 0 Å². The number of hydrogen-bond donors (Lipinski definition) is 0. The molecule has 1 aliphatic heterocycles. The van der Waals surface area contributed by atoms with Crippen molar-refractivity contribution >= 4 is 5.91 Å². The molecule has 1 unspecified atom stereocenters. The molecular weight excluding hydrogens is 318 g/mol. The third-order valence-electron chi connectivity index (χ3n) is 4.69. The van der Waals surface area contributed by atoms with Crippen LogP contribution in [-0.4, -0.2) is 38.2 Å². The van der Waals surface area contributed by atoms with Gasteiger partial charge in [0.1, 0.15) is 5.75 Å². The van der Waals surface area contributed by atoms with Crippen molar-refractivity contribution < 1.29 is 19.0 Å². The van der Waals surface area contributed by atoms with Crippen LogP contribution >= 0.6 is 0 Å². The molecule has 132 valence electrons. The molecule has 25 heavy (non-hydrogen) atoms. The summed E-state index contributed by atoms with van der Waals surface area (Å²) in [7, 11) is 4.87. The third kappa shape index (κ3) is 3.27. The average Bonchev–Trinajstić information content (AvgIpc) is 2.65. The molecule has 0 saturated carbocycles. The number of carbonyl (C=O) groups is 1. The van der Waals surface area contributed by atoms with Gasteiger partial charge in [0.25, 0.3) is 5.91 Å². The molecule has 0 spiro atoms. The second-order valence-electron chi connectivity index (χ2n) is 6.19. The maximum atomic E-state index is 12.9. The zero-order valence-electron chi connectivity index (χ0n) is 15.0. The van der Waals surface area contributed by atoms with Gasteiger partial charge < -0.3 is 19.1 Å². The van der Waals surface area contributed by atoms with E-state index in [9.17, 15) is 4.79 Å². The number of ether oxygens (including phenoxy) is 3. The molecule has 1 aliphatic rings. The molecular formula is C20H23NO4. The highest BCUT2D eigenvalue weighted by atomic mass is 16.5. The highest BCUT2D eigenvalue weighted by Gasteiger charge is 2.28. The van der Waals surface area contributed by atoms with E-state index in [1.54, 1.807) is 33.5 Å². The number of hydrogen-bond acceptors (Lipinski definition) is 4. The van der Waals surface area contributed by atoms with Crippen molar-refractivity contribution in [1.29, 1.82) is 0 Å². The standard InChI is InChI=1S/C20H23NO4/c1-13-9-15-10-18(24-3)19(25-4)11-16(15)12-21(13)20(22)14-5-7-17(23-2)8-6-14/h5-8,10-11,13H,9,12H2,1-4H3. The van der Waals surface area contributed by atoms with Gasteiger partial charge in [-0.05, 0) is 60.9 Å². The first-order chi connectivity index (χ1) is 12.1. The van der Waals surface area contributed by atoms with Crippen molar-refractivity contribution in [2.45, 2.75) is 25.9 Å². The van der Waals surface area contributed by atoms with Crippen LogP contribution in [0.15, 0.2) is 36.4 Å². The Morgan fingerprint density at radius 2 is 1.56 bits per heavy atom. The third-order valence-corrected chi connectivity index (χ3v) is 4.69. The highest BCUT2D eigenvalue weighted by Crippen LogP contribution is 2.35. The van der Waals surface area contributed by atoms with Gasteiger partial charge in [0.05, 0.1) is 21.3 Å². The van der Waals surface area contributed by atoms with Gasteiger partial charge in [0.2, 0.25) is 0 Å². The van der Waals surface area contributed by atoms with E-state index in [0.29, 0.717) is 17.9 Å². The van der Waals surface area contributed by atoms with Gasteiger partial charge in [0.15, 0.2) is 11.5 Å². The lowest BCUT2D eigenvalue weighted by atomic mass is 9.93. The molecule has 0 saturated heterocycles. The Morgan fingerprint density at radius 1 is 0.960 bits per heavy atom. The Kier molecular flexibility index (Phi) is 4.83. The Hall–Kier alpha value is -2.69. The second kappa shape index (κ2) is 7.05. The fourth-order valence-electron chi connectivity index (χ4n) is 3.24. The van der Waals surface area contributed by atoms with Gasteiger partial charge in [-0.15, -0.1) is 0 Å². The number of fused-ring (bicyclic) bond motifs is 1. The topological polar surface area (TPSA) is 48.0 Å². The molecule has 3 rings (SSSR count). The first kappa shape index (κ1) is 17.1. The van der Waals surface area contributed by atoms with Gasteiger partial charge in [0, 0.05) is 18.2 Å². The van der Waals surface area contributed by atoms with Gasteiger partial charge in [-0.1, -0.05) is 0 Å². The van der Waals surface area contributed by atoms with Crippen molar-refractivity contribution in [2.24, 2.45) is 0 Å². The van der Waals surface area contributed by atoms with Crippen LogP contribution in [0, 0.1) is 0 Å². The van der Waals surface area contributed by atoms with Gasteiger partial charge in [-0.25, -0.2) is 0 Å². The van der Waals surface area contributed by atoms with Crippen LogP contribution in [0.4, 0.5) is 0 Å². The summed E-state index contributed by atoms with van der Waals surface area (Å²) < 4.78 is 15.9. The summed E-state index contributed by atoms with van der Waals surface area (Å²) in [6.07, 6.45) is 0.789. The Bertz CT molecular complexity index is 770. The summed E-state index contributed by atoms with van der Waals surface area (Å²) in [4.78, 5) is 14.8. The number of methoxy groups -OCH3 is 3. The van der Waals surface area contributed by atoms with Crippen molar-refractivity contribution in [3.8, 4) is 17.2 Å². The second-order valence-corrected chi connectivity index (χ2v) is 6.19. The molecule has 0 bridgehead atoms. The lowest BCUT2D eigenvalue weighted by Crippen LogP contribution is -2.42. The predicted molar refractivity (Wildman–Crippen MR) is 95.6 cm³/mol. The first-order valence-electron chi connectivity index (χ1n) is 8.26. The Labute approximate surface area is 148 Å². The quantitative estimate of drug-likeness (QED) is 0.856. The van der Waals surface area contributed by atoms with Gasteiger partial charge in [-0.2, -0.15) is 0 Å². The zero-order valence-corrected chi connectivity index (χ0v) is 15.0. The van der Waals surface area contributed by atoms with Crippen molar-refractivity contribution in [3.05, 3.63) is 53.1 Å². The number of benzene rings is 2. The Morgan fingerprint density at radius 3 is 2.12 bits per heavy atom. The lowest BCUT2D eigenvalue weighted by Gasteiger charge is -2.35. The van der Waals surface area contributed by atoms with Crippen LogP contribution < -0.4 is 14.2 Å². The van der Waals surface area contributed by atoms with Crippen molar-refractivity contribution in [1.82, 2.24) is 4.90 Å². The van der Waals surface area contributed by atoms with Crippen molar-refractivity contribution in [2.75, 3.05) is 21.3 Å². The molecule has 5 heteroatoms. The number of rotatable bonds is 4. The summed E-state index contributed by atoms with van der Waals surface area (Å²) in [5.41, 5.74) is 2.96. The molecule has 2 aromatic carbocycles. The van der Waals surface area contributed by atoms with E-state index in [0.717, 1.165) is 23.5 Å². The van der Waals surface area contributed by atoms with Crippen LogP contribution in [0.1, 0.15) is 28.4 Å². The minimum Gasteiger partial charge on any atom is -0.497 e. The number of nitrogens with zero attached hydrogens (tertiary/aromatic N) is 1. The molecule has 2 aromatic rings. The van der Waals surface area contributed by atoms with Crippen molar-refractivity contribution in [3.63, 3.8) is 0 Å². The summed E-state index contributed by atoms with van der Waals surface area (Å²) in [6, 6.07) is 11.3. The number of amides is 1. The SMILES string of the molecule is COc1ccc(C(=O)N2Cc3cc(OC)c(OC)cc3CC2C)cc1. The molecule has 1 amide bonds. The van der Waals surface area contributed by atoms with Crippen LogP contribution in [0.5, 0.6) is 17.2 Å². The monoisotopic (exact) mass is 341 g/mol. The van der Waals surface area contributed by atoms with Gasteiger partial charge >= 0.3 is 0 Å². The fraction of sp³-hybridized carbons (Fsp3) is 0.350. The summed E-state index contributed by atoms with van der Waals surface area (Å²) in [5.74, 6) is 2.18. The minimum absolute atomic E-state index is 0.0237. The number of carbonyl (C=O) groups excluding carboxylic acids is 1. The van der Waals surface area contributed by atoms with E-state index in [1.807, 2.05) is 29.2 Å². The average molecular weight is 341 g/mol. The predicted octanol–water partition coefficient (Wildman–Crippen LogP) is 3.30. The van der Waals surface area contributed by atoms with E-state index in [2.05, 4.69) is 6.92 Å². The maximum Gasteiger partial charge on any atom is 0.254 e. The molecule has 0 aromatic heterocycles. The van der Waals surface area contributed by atoms with Gasteiger partial charge in [-0.3, -0.25) is 4.79 Å². The van der Waals surface area contributed by atoms with E-state index in [-0.39, 0.29) is 11.9 Å². The summed E-state index contributed by atoms with van der Waals surface area (Å²) in [6.45, 7) is 2.63. The molecule has 0 aliphatic carbocycles. The van der Waals surface area contributed by atoms with E-state index >= 15 is 0 Å². The van der Waals surface area contributed by atoms with Crippen LogP contribution in [-0.2, 0) is 13.0 Å². The summed E-state index contributed by atoms with van der Waals surface area (Å²) in [5, 5.41) is 0. The fourth-order valence-corrected chi connectivity index (χ4v) is 3.24. The smallest absolute Gasteiger partial charge is 0.254 e. The largest absolute Gasteiger partial charge is 0.497 e.